The molecule has 1 heterocycles. The van der Waals surface area contributed by atoms with Gasteiger partial charge in [0, 0.05) is 13.7 Å². The number of anilines is 1. The Morgan fingerprint density at radius 3 is 2.78 bits per heavy atom. The lowest BCUT2D eigenvalue weighted by Gasteiger charge is -2.38. The monoisotopic (exact) mass is 250 g/mol. The average molecular weight is 250 g/mol. The first-order valence-corrected chi connectivity index (χ1v) is 5.82. The fraction of sp³-hybridized carbons (Fsp3) is 0.462. The molecule has 0 atom stereocenters. The lowest BCUT2D eigenvalue weighted by molar-refractivity contribution is -0.133. The van der Waals surface area contributed by atoms with Gasteiger partial charge in [0.1, 0.15) is 12.5 Å². The standard InChI is InChI=1S/C13H18N2O3/c1-13(2)12(16)15(8-17-3)10-5-4-9(7-14)6-11(10)18-13/h4-6H,7-8,14H2,1-3H3. The molecular weight excluding hydrogens is 232 g/mol. The summed E-state index contributed by atoms with van der Waals surface area (Å²) in [5.74, 6) is 0.553. The van der Waals surface area contributed by atoms with E-state index in [0.29, 0.717) is 12.3 Å². The van der Waals surface area contributed by atoms with Gasteiger partial charge in [-0.3, -0.25) is 9.69 Å². The van der Waals surface area contributed by atoms with Gasteiger partial charge in [-0.1, -0.05) is 6.07 Å². The highest BCUT2D eigenvalue weighted by Crippen LogP contribution is 2.38. The second-order valence-corrected chi connectivity index (χ2v) is 4.77. The van der Waals surface area contributed by atoms with Crippen molar-refractivity contribution in [2.24, 2.45) is 5.73 Å². The normalized spacial score (nSPS) is 17.3. The molecule has 1 aromatic rings. The van der Waals surface area contributed by atoms with E-state index in [2.05, 4.69) is 0 Å². The molecule has 0 aliphatic carbocycles. The molecule has 0 spiro atoms. The van der Waals surface area contributed by atoms with Gasteiger partial charge in [-0.15, -0.1) is 0 Å². The Balaban J connectivity index is 2.48. The first kappa shape index (κ1) is 12.9. The average Bonchev–Trinajstić information content (AvgIpc) is 2.34. The summed E-state index contributed by atoms with van der Waals surface area (Å²) in [6.45, 7) is 4.14. The zero-order valence-electron chi connectivity index (χ0n) is 10.9. The van der Waals surface area contributed by atoms with E-state index in [1.165, 1.54) is 0 Å². The number of nitrogens with zero attached hydrogens (tertiary/aromatic N) is 1. The number of ether oxygens (including phenoxy) is 2. The maximum absolute atomic E-state index is 12.3. The fourth-order valence-corrected chi connectivity index (χ4v) is 2.00. The smallest absolute Gasteiger partial charge is 0.272 e. The summed E-state index contributed by atoms with van der Waals surface area (Å²) in [6.07, 6.45) is 0. The molecule has 2 N–H and O–H groups in total. The van der Waals surface area contributed by atoms with Gasteiger partial charge in [0.25, 0.3) is 5.91 Å². The summed E-state index contributed by atoms with van der Waals surface area (Å²) in [5, 5.41) is 0. The molecule has 0 saturated carbocycles. The molecule has 2 rings (SSSR count). The van der Waals surface area contributed by atoms with Gasteiger partial charge in [-0.2, -0.15) is 0 Å². The van der Waals surface area contributed by atoms with Crippen LogP contribution in [0.1, 0.15) is 19.4 Å². The number of carbonyl (C=O) groups excluding carboxylic acids is 1. The first-order chi connectivity index (χ1) is 8.49. The molecule has 0 saturated heterocycles. The zero-order chi connectivity index (χ0) is 13.3. The second-order valence-electron chi connectivity index (χ2n) is 4.77. The van der Waals surface area contributed by atoms with Crippen molar-refractivity contribution in [3.05, 3.63) is 23.8 Å². The van der Waals surface area contributed by atoms with Crippen LogP contribution in [0.3, 0.4) is 0 Å². The van der Waals surface area contributed by atoms with Crippen molar-refractivity contribution in [1.29, 1.82) is 0 Å². The molecular formula is C13H18N2O3. The lowest BCUT2D eigenvalue weighted by atomic mass is 10.0. The van der Waals surface area contributed by atoms with Crippen molar-refractivity contribution in [2.45, 2.75) is 26.0 Å². The molecule has 1 aliphatic rings. The highest BCUT2D eigenvalue weighted by molar-refractivity contribution is 6.02. The van der Waals surface area contributed by atoms with E-state index in [0.717, 1.165) is 11.3 Å². The molecule has 1 amide bonds. The molecule has 0 fully saturated rings. The van der Waals surface area contributed by atoms with E-state index in [-0.39, 0.29) is 12.6 Å². The predicted molar refractivity (Wildman–Crippen MR) is 68.4 cm³/mol. The third-order valence-corrected chi connectivity index (χ3v) is 2.93. The number of amides is 1. The Morgan fingerprint density at radius 1 is 1.44 bits per heavy atom. The largest absolute Gasteiger partial charge is 0.476 e. The van der Waals surface area contributed by atoms with Crippen LogP contribution in [-0.4, -0.2) is 25.3 Å². The molecule has 18 heavy (non-hydrogen) atoms. The van der Waals surface area contributed by atoms with E-state index >= 15 is 0 Å². The highest BCUT2D eigenvalue weighted by atomic mass is 16.5. The molecule has 0 radical (unpaired) electrons. The number of nitrogens with two attached hydrogens (primary N) is 1. The van der Waals surface area contributed by atoms with Crippen molar-refractivity contribution >= 4 is 11.6 Å². The van der Waals surface area contributed by atoms with E-state index in [9.17, 15) is 4.79 Å². The number of carbonyl (C=O) groups is 1. The summed E-state index contributed by atoms with van der Waals surface area (Å²) >= 11 is 0. The van der Waals surface area contributed by atoms with Crippen molar-refractivity contribution in [3.63, 3.8) is 0 Å². The van der Waals surface area contributed by atoms with Gasteiger partial charge in [0.15, 0.2) is 5.60 Å². The van der Waals surface area contributed by atoms with Crippen LogP contribution in [0.4, 0.5) is 5.69 Å². The van der Waals surface area contributed by atoms with Crippen LogP contribution in [0.15, 0.2) is 18.2 Å². The molecule has 5 heteroatoms. The van der Waals surface area contributed by atoms with Crippen LogP contribution in [0.25, 0.3) is 0 Å². The van der Waals surface area contributed by atoms with Crippen LogP contribution in [0.2, 0.25) is 0 Å². The Bertz CT molecular complexity index is 471. The molecule has 98 valence electrons. The maximum Gasteiger partial charge on any atom is 0.272 e. The third kappa shape index (κ3) is 2.07. The summed E-state index contributed by atoms with van der Waals surface area (Å²) in [4.78, 5) is 13.8. The third-order valence-electron chi connectivity index (χ3n) is 2.93. The molecule has 0 unspecified atom stereocenters. The minimum Gasteiger partial charge on any atom is -0.476 e. The molecule has 1 aliphatic heterocycles. The predicted octanol–water partition coefficient (Wildman–Crippen LogP) is 1.25. The SMILES string of the molecule is COCN1C(=O)C(C)(C)Oc2cc(CN)ccc21. The van der Waals surface area contributed by atoms with E-state index < -0.39 is 5.60 Å². The van der Waals surface area contributed by atoms with Crippen LogP contribution in [-0.2, 0) is 16.1 Å². The maximum atomic E-state index is 12.3. The van der Waals surface area contributed by atoms with Crippen molar-refractivity contribution in [2.75, 3.05) is 18.7 Å². The number of methoxy groups -OCH3 is 1. The van der Waals surface area contributed by atoms with Crippen molar-refractivity contribution < 1.29 is 14.3 Å². The summed E-state index contributed by atoms with van der Waals surface area (Å²) in [5.41, 5.74) is 6.41. The highest BCUT2D eigenvalue weighted by Gasteiger charge is 2.40. The summed E-state index contributed by atoms with van der Waals surface area (Å²) < 4.78 is 10.8. The van der Waals surface area contributed by atoms with Gasteiger partial charge in [-0.05, 0) is 31.5 Å². The Labute approximate surface area is 106 Å². The minimum absolute atomic E-state index is 0.114. The molecule has 5 nitrogen and oxygen atoms in total. The second kappa shape index (κ2) is 4.59. The Morgan fingerprint density at radius 2 is 2.17 bits per heavy atom. The lowest BCUT2D eigenvalue weighted by Crippen LogP contribution is -2.53. The molecule has 1 aromatic carbocycles. The summed E-state index contributed by atoms with van der Waals surface area (Å²) in [6, 6.07) is 5.59. The molecule has 0 aromatic heterocycles. The van der Waals surface area contributed by atoms with Crippen molar-refractivity contribution in [3.8, 4) is 5.75 Å². The van der Waals surface area contributed by atoms with Gasteiger partial charge < -0.3 is 15.2 Å². The number of rotatable bonds is 3. The van der Waals surface area contributed by atoms with Crippen LogP contribution in [0, 0.1) is 0 Å². The Kier molecular flexibility index (Phi) is 3.28. The minimum atomic E-state index is -0.890. The van der Waals surface area contributed by atoms with Gasteiger partial charge in [0.05, 0.1) is 5.69 Å². The van der Waals surface area contributed by atoms with E-state index in [4.69, 9.17) is 15.2 Å². The summed E-state index contributed by atoms with van der Waals surface area (Å²) in [7, 11) is 1.56. The van der Waals surface area contributed by atoms with Gasteiger partial charge >= 0.3 is 0 Å². The van der Waals surface area contributed by atoms with E-state index in [1.807, 2.05) is 18.2 Å². The van der Waals surface area contributed by atoms with Crippen LogP contribution < -0.4 is 15.4 Å². The number of hydrogen-bond acceptors (Lipinski definition) is 4. The first-order valence-electron chi connectivity index (χ1n) is 5.82. The number of benzene rings is 1. The van der Waals surface area contributed by atoms with Crippen molar-refractivity contribution in [1.82, 2.24) is 0 Å². The Hall–Kier alpha value is -1.59. The van der Waals surface area contributed by atoms with Gasteiger partial charge in [-0.25, -0.2) is 0 Å². The number of fused-ring (bicyclic) bond motifs is 1. The van der Waals surface area contributed by atoms with Crippen LogP contribution >= 0.6 is 0 Å². The van der Waals surface area contributed by atoms with Gasteiger partial charge in [0.2, 0.25) is 0 Å². The fourth-order valence-electron chi connectivity index (χ4n) is 2.00. The number of hydrogen-bond donors (Lipinski definition) is 1. The topological polar surface area (TPSA) is 64.8 Å². The molecule has 0 bridgehead atoms. The quantitative estimate of drug-likeness (QED) is 0.877. The zero-order valence-corrected chi connectivity index (χ0v) is 10.9. The van der Waals surface area contributed by atoms with E-state index in [1.54, 1.807) is 25.9 Å². The van der Waals surface area contributed by atoms with Crippen LogP contribution in [0.5, 0.6) is 5.75 Å².